The molecule has 1 aliphatic heterocycles. The molecule has 0 bridgehead atoms. The summed E-state index contributed by atoms with van der Waals surface area (Å²) in [6.45, 7) is 6.67. The second-order valence-corrected chi connectivity index (χ2v) is 4.54. The van der Waals surface area contributed by atoms with Crippen molar-refractivity contribution in [1.29, 1.82) is 0 Å². The van der Waals surface area contributed by atoms with Crippen molar-refractivity contribution in [3.05, 3.63) is 17.5 Å². The molecule has 1 N–H and O–H groups in total. The third-order valence-electron chi connectivity index (χ3n) is 3.29. The lowest BCUT2D eigenvalue weighted by molar-refractivity contribution is 0.543. The van der Waals surface area contributed by atoms with E-state index in [0.717, 1.165) is 0 Å². The standard InChI is InChI=1S/C11H19N3/c1-7-6-12-14(4)11(7)10-5-8(2)13-9(10)3/h6,8-10,13H,5H2,1-4H3. The molecule has 1 aliphatic rings. The fraction of sp³-hybridized carbons (Fsp3) is 0.727. The molecule has 1 saturated heterocycles. The van der Waals surface area contributed by atoms with Gasteiger partial charge >= 0.3 is 0 Å². The zero-order valence-corrected chi connectivity index (χ0v) is 9.41. The van der Waals surface area contributed by atoms with Crippen LogP contribution in [-0.4, -0.2) is 21.9 Å². The Morgan fingerprint density at radius 2 is 2.21 bits per heavy atom. The van der Waals surface area contributed by atoms with Crippen LogP contribution in [0.4, 0.5) is 0 Å². The lowest BCUT2D eigenvalue weighted by Crippen LogP contribution is -2.26. The van der Waals surface area contributed by atoms with Crippen LogP contribution in [0.2, 0.25) is 0 Å². The van der Waals surface area contributed by atoms with Gasteiger partial charge < -0.3 is 5.32 Å². The molecular formula is C11H19N3. The summed E-state index contributed by atoms with van der Waals surface area (Å²) >= 11 is 0. The summed E-state index contributed by atoms with van der Waals surface area (Å²) in [5, 5.41) is 7.88. The van der Waals surface area contributed by atoms with Crippen LogP contribution in [0.15, 0.2) is 6.20 Å². The highest BCUT2D eigenvalue weighted by Gasteiger charge is 2.31. The number of hydrogen-bond donors (Lipinski definition) is 1. The van der Waals surface area contributed by atoms with E-state index in [1.54, 1.807) is 0 Å². The Morgan fingerprint density at radius 1 is 1.50 bits per heavy atom. The van der Waals surface area contributed by atoms with Gasteiger partial charge in [-0.1, -0.05) is 0 Å². The van der Waals surface area contributed by atoms with Crippen LogP contribution >= 0.6 is 0 Å². The van der Waals surface area contributed by atoms with Crippen molar-refractivity contribution < 1.29 is 0 Å². The Kier molecular flexibility index (Phi) is 2.35. The van der Waals surface area contributed by atoms with Crippen LogP contribution in [0.5, 0.6) is 0 Å². The van der Waals surface area contributed by atoms with E-state index in [1.165, 1.54) is 17.7 Å². The molecule has 1 aromatic rings. The van der Waals surface area contributed by atoms with E-state index in [2.05, 4.69) is 31.2 Å². The van der Waals surface area contributed by atoms with E-state index in [0.29, 0.717) is 18.0 Å². The molecule has 1 aromatic heterocycles. The van der Waals surface area contributed by atoms with Gasteiger partial charge in [0.2, 0.25) is 0 Å². The Labute approximate surface area is 85.5 Å². The van der Waals surface area contributed by atoms with E-state index >= 15 is 0 Å². The van der Waals surface area contributed by atoms with Crippen molar-refractivity contribution in [3.8, 4) is 0 Å². The van der Waals surface area contributed by atoms with Crippen molar-refractivity contribution >= 4 is 0 Å². The molecule has 0 amide bonds. The molecule has 2 heterocycles. The SMILES string of the molecule is Cc1cnn(C)c1C1CC(C)NC1C. The van der Waals surface area contributed by atoms with Gasteiger partial charge in [-0.15, -0.1) is 0 Å². The van der Waals surface area contributed by atoms with E-state index in [1.807, 2.05) is 17.9 Å². The van der Waals surface area contributed by atoms with Crippen LogP contribution in [0.3, 0.4) is 0 Å². The first-order chi connectivity index (χ1) is 6.59. The highest BCUT2D eigenvalue weighted by atomic mass is 15.3. The predicted octanol–water partition coefficient (Wildman–Crippen LogP) is 1.58. The summed E-state index contributed by atoms with van der Waals surface area (Å²) in [4.78, 5) is 0. The minimum absolute atomic E-state index is 0.569. The fourth-order valence-corrected chi connectivity index (χ4v) is 2.66. The molecule has 0 aromatic carbocycles. The molecule has 0 saturated carbocycles. The molecule has 3 heteroatoms. The van der Waals surface area contributed by atoms with Crippen molar-refractivity contribution in [2.24, 2.45) is 7.05 Å². The van der Waals surface area contributed by atoms with E-state index in [-0.39, 0.29) is 0 Å². The molecule has 2 rings (SSSR count). The third-order valence-corrected chi connectivity index (χ3v) is 3.29. The van der Waals surface area contributed by atoms with Crippen LogP contribution in [0.1, 0.15) is 37.4 Å². The Hall–Kier alpha value is -0.830. The summed E-state index contributed by atoms with van der Waals surface area (Å²) in [5.74, 6) is 0.623. The predicted molar refractivity (Wildman–Crippen MR) is 57.4 cm³/mol. The quantitative estimate of drug-likeness (QED) is 0.734. The Bertz CT molecular complexity index is 310. The molecule has 14 heavy (non-hydrogen) atoms. The zero-order valence-electron chi connectivity index (χ0n) is 9.41. The van der Waals surface area contributed by atoms with Gasteiger partial charge in [-0.3, -0.25) is 4.68 Å². The van der Waals surface area contributed by atoms with Gasteiger partial charge in [0.05, 0.1) is 6.20 Å². The first-order valence-corrected chi connectivity index (χ1v) is 5.34. The monoisotopic (exact) mass is 193 g/mol. The maximum atomic E-state index is 4.31. The lowest BCUT2D eigenvalue weighted by Gasteiger charge is -2.16. The molecule has 3 unspecified atom stereocenters. The Morgan fingerprint density at radius 3 is 2.64 bits per heavy atom. The first kappa shape index (κ1) is 9.71. The van der Waals surface area contributed by atoms with Gasteiger partial charge in [0.25, 0.3) is 0 Å². The van der Waals surface area contributed by atoms with Gasteiger partial charge in [0, 0.05) is 30.7 Å². The highest BCUT2D eigenvalue weighted by molar-refractivity contribution is 5.23. The average molecular weight is 193 g/mol. The van der Waals surface area contributed by atoms with Crippen molar-refractivity contribution in [2.75, 3.05) is 0 Å². The third kappa shape index (κ3) is 1.46. The molecule has 0 aliphatic carbocycles. The minimum Gasteiger partial charge on any atom is -0.311 e. The number of aromatic nitrogens is 2. The van der Waals surface area contributed by atoms with Crippen molar-refractivity contribution in [3.63, 3.8) is 0 Å². The number of hydrogen-bond acceptors (Lipinski definition) is 2. The molecule has 3 nitrogen and oxygen atoms in total. The van der Waals surface area contributed by atoms with Crippen LogP contribution < -0.4 is 5.32 Å². The summed E-state index contributed by atoms with van der Waals surface area (Å²) < 4.78 is 2.02. The zero-order chi connectivity index (χ0) is 10.3. The molecular weight excluding hydrogens is 174 g/mol. The lowest BCUT2D eigenvalue weighted by atomic mass is 9.94. The normalized spacial score (nSPS) is 32.4. The van der Waals surface area contributed by atoms with Gasteiger partial charge in [-0.2, -0.15) is 5.10 Å². The van der Waals surface area contributed by atoms with Gasteiger partial charge in [0.15, 0.2) is 0 Å². The van der Waals surface area contributed by atoms with Crippen LogP contribution in [-0.2, 0) is 7.05 Å². The molecule has 78 valence electrons. The smallest absolute Gasteiger partial charge is 0.0521 e. The maximum Gasteiger partial charge on any atom is 0.0521 e. The van der Waals surface area contributed by atoms with E-state index in [9.17, 15) is 0 Å². The maximum absolute atomic E-state index is 4.31. The number of nitrogens with one attached hydrogen (secondary N) is 1. The summed E-state index contributed by atoms with van der Waals surface area (Å²) in [5.41, 5.74) is 2.72. The largest absolute Gasteiger partial charge is 0.311 e. The van der Waals surface area contributed by atoms with Gasteiger partial charge in [-0.05, 0) is 32.8 Å². The van der Waals surface area contributed by atoms with Gasteiger partial charge in [-0.25, -0.2) is 0 Å². The van der Waals surface area contributed by atoms with Crippen LogP contribution in [0.25, 0.3) is 0 Å². The summed E-state index contributed by atoms with van der Waals surface area (Å²) in [7, 11) is 2.04. The van der Waals surface area contributed by atoms with Crippen molar-refractivity contribution in [1.82, 2.24) is 15.1 Å². The second kappa shape index (κ2) is 3.39. The fourth-order valence-electron chi connectivity index (χ4n) is 2.66. The average Bonchev–Trinajstić information content (AvgIpc) is 2.57. The van der Waals surface area contributed by atoms with Gasteiger partial charge in [0.1, 0.15) is 0 Å². The van der Waals surface area contributed by atoms with E-state index in [4.69, 9.17) is 0 Å². The van der Waals surface area contributed by atoms with Crippen molar-refractivity contribution in [2.45, 2.75) is 45.2 Å². The van der Waals surface area contributed by atoms with Crippen LogP contribution in [0, 0.1) is 6.92 Å². The number of nitrogens with zero attached hydrogens (tertiary/aromatic N) is 2. The molecule has 0 spiro atoms. The highest BCUT2D eigenvalue weighted by Crippen LogP contribution is 2.31. The molecule has 3 atom stereocenters. The number of rotatable bonds is 1. The summed E-state index contributed by atoms with van der Waals surface area (Å²) in [6, 6.07) is 1.20. The first-order valence-electron chi connectivity index (χ1n) is 5.34. The topological polar surface area (TPSA) is 29.9 Å². The summed E-state index contributed by atoms with van der Waals surface area (Å²) in [6.07, 6.45) is 3.19. The molecule has 1 fully saturated rings. The minimum atomic E-state index is 0.569. The Balaban J connectivity index is 2.31. The van der Waals surface area contributed by atoms with E-state index < -0.39 is 0 Å². The number of aryl methyl sites for hydroxylation is 2. The molecule has 0 radical (unpaired) electrons. The second-order valence-electron chi connectivity index (χ2n) is 4.54.